The Labute approximate surface area is 204 Å². The third-order valence-corrected chi connectivity index (χ3v) is 6.34. The highest BCUT2D eigenvalue weighted by molar-refractivity contribution is 5.95. The van der Waals surface area contributed by atoms with Crippen LogP contribution in [0.1, 0.15) is 45.6 Å². The van der Waals surface area contributed by atoms with Gasteiger partial charge in [-0.15, -0.1) is 0 Å². The van der Waals surface area contributed by atoms with Crippen LogP contribution < -0.4 is 16.4 Å². The fourth-order valence-corrected chi connectivity index (χ4v) is 4.50. The van der Waals surface area contributed by atoms with E-state index in [1.165, 1.54) is 11.8 Å². The highest BCUT2D eigenvalue weighted by Crippen LogP contribution is 2.22. The maximum absolute atomic E-state index is 13.3. The van der Waals surface area contributed by atoms with Crippen molar-refractivity contribution in [3.8, 4) is 0 Å². The second-order valence-electron chi connectivity index (χ2n) is 9.62. The lowest BCUT2D eigenvalue weighted by Gasteiger charge is -2.29. The Morgan fingerprint density at radius 3 is 2.57 bits per heavy atom. The number of hydrogen-bond acceptors (Lipinski definition) is 5. The minimum atomic E-state index is -1.18. The Bertz CT molecular complexity index is 1080. The molecule has 190 valence electrons. The zero-order valence-electron chi connectivity index (χ0n) is 20.4. The first-order chi connectivity index (χ1) is 16.6. The number of nitrogens with zero attached hydrogens (tertiary/aromatic N) is 1. The van der Waals surface area contributed by atoms with Crippen LogP contribution in [0.15, 0.2) is 30.5 Å². The molecule has 3 rings (SSSR count). The molecule has 1 saturated heterocycles. The molecule has 2 aromatic rings. The van der Waals surface area contributed by atoms with E-state index in [1.54, 1.807) is 6.20 Å². The van der Waals surface area contributed by atoms with Gasteiger partial charge in [0.1, 0.15) is 18.1 Å². The van der Waals surface area contributed by atoms with E-state index in [0.29, 0.717) is 25.8 Å². The molecule has 0 radical (unpaired) electrons. The quantitative estimate of drug-likeness (QED) is 0.340. The number of likely N-dealkylation sites (tertiary alicyclic amines) is 1. The van der Waals surface area contributed by atoms with Gasteiger partial charge in [-0.1, -0.05) is 32.0 Å². The van der Waals surface area contributed by atoms with Gasteiger partial charge in [-0.05, 0) is 43.7 Å². The Hall–Kier alpha value is -3.40. The van der Waals surface area contributed by atoms with Crippen molar-refractivity contribution in [1.82, 2.24) is 20.5 Å². The molecule has 1 aromatic carbocycles. The topological polar surface area (TPSA) is 158 Å². The molecular weight excluding hydrogens is 450 g/mol. The number of nitrogens with one attached hydrogen (secondary N) is 3. The first-order valence-electron chi connectivity index (χ1n) is 12.0. The third-order valence-electron chi connectivity index (χ3n) is 6.34. The molecule has 2 heterocycles. The highest BCUT2D eigenvalue weighted by atomic mass is 16.4. The zero-order chi connectivity index (χ0) is 25.7. The van der Waals surface area contributed by atoms with E-state index >= 15 is 0 Å². The van der Waals surface area contributed by atoms with Crippen LogP contribution in [0.25, 0.3) is 10.9 Å². The molecule has 35 heavy (non-hydrogen) atoms. The summed E-state index contributed by atoms with van der Waals surface area (Å²) in [5, 5.41) is 15.3. The van der Waals surface area contributed by atoms with Gasteiger partial charge in [0.25, 0.3) is 0 Å². The van der Waals surface area contributed by atoms with Gasteiger partial charge in [0, 0.05) is 30.1 Å². The first-order valence-corrected chi connectivity index (χ1v) is 12.0. The summed E-state index contributed by atoms with van der Waals surface area (Å²) in [4.78, 5) is 55.1. The molecule has 6 N–H and O–H groups in total. The van der Waals surface area contributed by atoms with Crippen LogP contribution in [0.4, 0.5) is 0 Å². The molecule has 1 aliphatic rings. The predicted octanol–water partition coefficient (Wildman–Crippen LogP) is 1.15. The number of carbonyl (C=O) groups is 4. The van der Waals surface area contributed by atoms with Gasteiger partial charge in [0.2, 0.25) is 17.7 Å². The average molecular weight is 486 g/mol. The van der Waals surface area contributed by atoms with Crippen molar-refractivity contribution in [2.75, 3.05) is 6.54 Å². The number of carbonyl (C=O) groups excluding carboxylic acids is 3. The molecule has 1 fully saturated rings. The Morgan fingerprint density at radius 2 is 1.89 bits per heavy atom. The van der Waals surface area contributed by atoms with E-state index in [9.17, 15) is 24.3 Å². The SMILES string of the molecule is CC(C)CC(N)C(=O)N1CCCC1C(=O)NC(Cc1c[nH]c2ccccc12)C(=O)NC(C)C(=O)O. The number of aromatic nitrogens is 1. The Balaban J connectivity index is 1.79. The standard InChI is InChI=1S/C25H35N5O5/c1-14(2)11-18(26)24(33)30-10-6-9-21(30)23(32)29-20(22(31)28-15(3)25(34)35)12-16-13-27-19-8-5-4-7-17(16)19/h4-5,7-8,13-15,18,20-21,27H,6,9-12,26H2,1-3H3,(H,28,31)(H,29,32)(H,34,35). The molecule has 1 aromatic heterocycles. The van der Waals surface area contributed by atoms with Gasteiger partial charge in [0.15, 0.2) is 0 Å². The number of carboxylic acid groups (broad SMARTS) is 1. The molecular formula is C25H35N5O5. The molecule has 10 nitrogen and oxygen atoms in total. The largest absolute Gasteiger partial charge is 0.480 e. The molecule has 0 saturated carbocycles. The summed E-state index contributed by atoms with van der Waals surface area (Å²) >= 11 is 0. The van der Waals surface area contributed by atoms with Crippen LogP contribution in [-0.2, 0) is 25.6 Å². The van der Waals surface area contributed by atoms with Crippen molar-refractivity contribution in [3.05, 3.63) is 36.0 Å². The number of nitrogens with two attached hydrogens (primary N) is 1. The lowest BCUT2D eigenvalue weighted by molar-refractivity contribution is -0.142. The maximum Gasteiger partial charge on any atom is 0.325 e. The number of fused-ring (bicyclic) bond motifs is 1. The molecule has 0 bridgehead atoms. The summed E-state index contributed by atoms with van der Waals surface area (Å²) in [5.74, 6) is -2.26. The van der Waals surface area contributed by atoms with Gasteiger partial charge < -0.3 is 31.4 Å². The van der Waals surface area contributed by atoms with Gasteiger partial charge in [-0.25, -0.2) is 0 Å². The van der Waals surface area contributed by atoms with Crippen molar-refractivity contribution >= 4 is 34.6 Å². The summed E-state index contributed by atoms with van der Waals surface area (Å²) in [7, 11) is 0. The lowest BCUT2D eigenvalue weighted by Crippen LogP contribution is -2.57. The summed E-state index contributed by atoms with van der Waals surface area (Å²) in [6.07, 6.45) is 3.57. The zero-order valence-corrected chi connectivity index (χ0v) is 20.4. The molecule has 4 unspecified atom stereocenters. The molecule has 0 aliphatic carbocycles. The number of para-hydroxylation sites is 1. The Kier molecular flexibility index (Phi) is 8.50. The number of rotatable bonds is 10. The minimum absolute atomic E-state index is 0.154. The molecule has 3 amide bonds. The van der Waals surface area contributed by atoms with E-state index in [-0.39, 0.29) is 18.2 Å². The van der Waals surface area contributed by atoms with Crippen molar-refractivity contribution in [2.24, 2.45) is 11.7 Å². The van der Waals surface area contributed by atoms with Gasteiger partial charge in [-0.3, -0.25) is 19.2 Å². The number of aromatic amines is 1. The van der Waals surface area contributed by atoms with Crippen LogP contribution in [0, 0.1) is 5.92 Å². The fraction of sp³-hybridized carbons (Fsp3) is 0.520. The van der Waals surface area contributed by atoms with E-state index < -0.39 is 42.0 Å². The van der Waals surface area contributed by atoms with Gasteiger partial charge in [0.05, 0.1) is 6.04 Å². The molecule has 10 heteroatoms. The predicted molar refractivity (Wildman–Crippen MR) is 131 cm³/mol. The average Bonchev–Trinajstić information content (AvgIpc) is 3.45. The van der Waals surface area contributed by atoms with Gasteiger partial charge in [-0.2, -0.15) is 0 Å². The normalized spacial score (nSPS) is 18.3. The number of H-pyrrole nitrogens is 1. The van der Waals surface area contributed by atoms with Crippen molar-refractivity contribution in [1.29, 1.82) is 0 Å². The molecule has 1 aliphatic heterocycles. The fourth-order valence-electron chi connectivity index (χ4n) is 4.50. The summed E-state index contributed by atoms with van der Waals surface area (Å²) in [6.45, 7) is 5.75. The number of hydrogen-bond donors (Lipinski definition) is 5. The summed E-state index contributed by atoms with van der Waals surface area (Å²) < 4.78 is 0. The Morgan fingerprint density at radius 1 is 1.17 bits per heavy atom. The summed E-state index contributed by atoms with van der Waals surface area (Å²) in [5.41, 5.74) is 7.79. The maximum atomic E-state index is 13.3. The van der Waals surface area contributed by atoms with E-state index in [4.69, 9.17) is 5.73 Å². The van der Waals surface area contributed by atoms with E-state index in [0.717, 1.165) is 16.5 Å². The third kappa shape index (κ3) is 6.39. The number of amides is 3. The minimum Gasteiger partial charge on any atom is -0.480 e. The highest BCUT2D eigenvalue weighted by Gasteiger charge is 2.38. The second-order valence-corrected chi connectivity index (χ2v) is 9.62. The van der Waals surface area contributed by atoms with E-state index in [2.05, 4.69) is 15.6 Å². The number of benzene rings is 1. The van der Waals surface area contributed by atoms with Crippen LogP contribution in [0.5, 0.6) is 0 Å². The number of aliphatic carboxylic acids is 1. The first kappa shape index (κ1) is 26.2. The molecule has 4 atom stereocenters. The molecule has 0 spiro atoms. The van der Waals surface area contributed by atoms with Crippen molar-refractivity contribution in [3.63, 3.8) is 0 Å². The van der Waals surface area contributed by atoms with Crippen LogP contribution in [0.2, 0.25) is 0 Å². The lowest BCUT2D eigenvalue weighted by atomic mass is 10.0. The van der Waals surface area contributed by atoms with Crippen molar-refractivity contribution in [2.45, 2.75) is 70.6 Å². The van der Waals surface area contributed by atoms with Crippen LogP contribution in [-0.4, -0.2) is 69.4 Å². The smallest absolute Gasteiger partial charge is 0.325 e. The second kappa shape index (κ2) is 11.4. The summed E-state index contributed by atoms with van der Waals surface area (Å²) in [6, 6.07) is 4.02. The van der Waals surface area contributed by atoms with E-state index in [1.807, 2.05) is 38.1 Å². The number of carboxylic acids is 1. The monoisotopic (exact) mass is 485 g/mol. The van der Waals surface area contributed by atoms with Gasteiger partial charge >= 0.3 is 5.97 Å². The van der Waals surface area contributed by atoms with Crippen molar-refractivity contribution < 1.29 is 24.3 Å². The van der Waals surface area contributed by atoms with Crippen LogP contribution >= 0.6 is 0 Å². The van der Waals surface area contributed by atoms with Crippen LogP contribution in [0.3, 0.4) is 0 Å².